The van der Waals surface area contributed by atoms with Gasteiger partial charge < -0.3 is 10.1 Å². The second-order valence-electron chi connectivity index (χ2n) is 4.45. The molecule has 0 aliphatic carbocycles. The van der Waals surface area contributed by atoms with E-state index in [4.69, 9.17) is 4.74 Å². The number of hydrogen-bond donors (Lipinski definition) is 1. The molecule has 0 spiro atoms. The number of aryl methyl sites for hydroxylation is 1. The van der Waals surface area contributed by atoms with Crippen molar-refractivity contribution in [1.29, 1.82) is 0 Å². The fourth-order valence-electron chi connectivity index (χ4n) is 1.88. The van der Waals surface area contributed by atoms with Crippen LogP contribution in [0.5, 0.6) is 5.75 Å². The predicted molar refractivity (Wildman–Crippen MR) is 79.2 cm³/mol. The SMILES string of the molecule is COc1ccc(CNCc2cnn(C)c2C)cc1Br. The molecule has 1 aromatic carbocycles. The highest BCUT2D eigenvalue weighted by molar-refractivity contribution is 9.10. The molecule has 4 nitrogen and oxygen atoms in total. The lowest BCUT2D eigenvalue weighted by molar-refractivity contribution is 0.412. The van der Waals surface area contributed by atoms with Crippen LogP contribution in [0, 0.1) is 6.92 Å². The molecular weight excluding hydrogens is 306 g/mol. The summed E-state index contributed by atoms with van der Waals surface area (Å²) >= 11 is 3.49. The van der Waals surface area contributed by atoms with Crippen LogP contribution in [0.15, 0.2) is 28.9 Å². The molecule has 0 radical (unpaired) electrons. The van der Waals surface area contributed by atoms with Gasteiger partial charge in [0.15, 0.2) is 0 Å². The third-order valence-corrected chi connectivity index (χ3v) is 3.82. The topological polar surface area (TPSA) is 39.1 Å². The Morgan fingerprint density at radius 3 is 2.74 bits per heavy atom. The molecule has 0 bridgehead atoms. The van der Waals surface area contributed by atoms with Crippen LogP contribution < -0.4 is 10.1 Å². The molecule has 102 valence electrons. The summed E-state index contributed by atoms with van der Waals surface area (Å²) in [5.41, 5.74) is 3.65. The van der Waals surface area contributed by atoms with Crippen LogP contribution >= 0.6 is 15.9 Å². The van der Waals surface area contributed by atoms with Gasteiger partial charge in [-0.3, -0.25) is 4.68 Å². The van der Waals surface area contributed by atoms with Crippen LogP contribution in [0.25, 0.3) is 0 Å². The first-order valence-electron chi connectivity index (χ1n) is 6.12. The Labute approximate surface area is 121 Å². The third-order valence-electron chi connectivity index (χ3n) is 3.20. The first-order valence-corrected chi connectivity index (χ1v) is 6.91. The van der Waals surface area contributed by atoms with Gasteiger partial charge in [0, 0.05) is 31.4 Å². The Hall–Kier alpha value is -1.33. The van der Waals surface area contributed by atoms with Crippen molar-refractivity contribution >= 4 is 15.9 Å². The Bertz CT molecular complexity index is 566. The molecular formula is C14H18BrN3O. The number of methoxy groups -OCH3 is 1. The molecule has 0 atom stereocenters. The summed E-state index contributed by atoms with van der Waals surface area (Å²) in [6.07, 6.45) is 1.91. The second kappa shape index (κ2) is 6.21. The van der Waals surface area contributed by atoms with Gasteiger partial charge in [-0.2, -0.15) is 5.10 Å². The Kier molecular flexibility index (Phi) is 4.61. The van der Waals surface area contributed by atoms with E-state index in [-0.39, 0.29) is 0 Å². The maximum Gasteiger partial charge on any atom is 0.133 e. The predicted octanol–water partition coefficient (Wildman–Crippen LogP) is 2.79. The van der Waals surface area contributed by atoms with Gasteiger partial charge in [-0.05, 0) is 40.5 Å². The van der Waals surface area contributed by atoms with Crippen molar-refractivity contribution in [3.05, 3.63) is 45.7 Å². The molecule has 1 aromatic heterocycles. The molecule has 0 unspecified atom stereocenters. The highest BCUT2D eigenvalue weighted by Crippen LogP contribution is 2.25. The van der Waals surface area contributed by atoms with E-state index >= 15 is 0 Å². The third kappa shape index (κ3) is 3.36. The molecule has 0 aliphatic heterocycles. The number of ether oxygens (including phenoxy) is 1. The fraction of sp³-hybridized carbons (Fsp3) is 0.357. The number of hydrogen-bond acceptors (Lipinski definition) is 3. The molecule has 5 heteroatoms. The highest BCUT2D eigenvalue weighted by atomic mass is 79.9. The number of halogens is 1. The van der Waals surface area contributed by atoms with Crippen molar-refractivity contribution < 1.29 is 4.74 Å². The average Bonchev–Trinajstić information content (AvgIpc) is 2.71. The standard InChI is InChI=1S/C14H18BrN3O/c1-10-12(9-17-18(10)2)8-16-7-11-4-5-14(19-3)13(15)6-11/h4-6,9,16H,7-8H2,1-3H3. The lowest BCUT2D eigenvalue weighted by Crippen LogP contribution is -2.13. The van der Waals surface area contributed by atoms with Gasteiger partial charge >= 0.3 is 0 Å². The average molecular weight is 324 g/mol. The molecule has 1 N–H and O–H groups in total. The zero-order valence-electron chi connectivity index (χ0n) is 11.4. The minimum atomic E-state index is 0.816. The van der Waals surface area contributed by atoms with Crippen molar-refractivity contribution in [2.24, 2.45) is 7.05 Å². The van der Waals surface area contributed by atoms with E-state index in [0.29, 0.717) is 0 Å². The summed E-state index contributed by atoms with van der Waals surface area (Å²) in [5.74, 6) is 0.854. The molecule has 1 heterocycles. The van der Waals surface area contributed by atoms with Crippen LogP contribution in [-0.2, 0) is 20.1 Å². The molecule has 0 fully saturated rings. The number of nitrogens with zero attached hydrogens (tertiary/aromatic N) is 2. The van der Waals surface area contributed by atoms with E-state index in [0.717, 1.165) is 23.3 Å². The van der Waals surface area contributed by atoms with Gasteiger partial charge in [-0.25, -0.2) is 0 Å². The highest BCUT2D eigenvalue weighted by Gasteiger charge is 2.04. The second-order valence-corrected chi connectivity index (χ2v) is 5.31. The first-order chi connectivity index (χ1) is 9.11. The van der Waals surface area contributed by atoms with Gasteiger partial charge in [-0.15, -0.1) is 0 Å². The van der Waals surface area contributed by atoms with Gasteiger partial charge in [0.2, 0.25) is 0 Å². The van der Waals surface area contributed by atoms with Crippen molar-refractivity contribution in [2.75, 3.05) is 7.11 Å². The summed E-state index contributed by atoms with van der Waals surface area (Å²) in [7, 11) is 3.63. The summed E-state index contributed by atoms with van der Waals surface area (Å²) in [6, 6.07) is 6.10. The van der Waals surface area contributed by atoms with Crippen molar-refractivity contribution in [3.63, 3.8) is 0 Å². The molecule has 0 amide bonds. The number of rotatable bonds is 5. The summed E-state index contributed by atoms with van der Waals surface area (Å²) in [5, 5.41) is 7.65. The minimum absolute atomic E-state index is 0.816. The smallest absolute Gasteiger partial charge is 0.133 e. The van der Waals surface area contributed by atoms with E-state index in [2.05, 4.69) is 45.4 Å². The van der Waals surface area contributed by atoms with Crippen molar-refractivity contribution in [1.82, 2.24) is 15.1 Å². The van der Waals surface area contributed by atoms with Crippen LogP contribution in [0.4, 0.5) is 0 Å². The van der Waals surface area contributed by atoms with E-state index in [1.165, 1.54) is 16.8 Å². The summed E-state index contributed by atoms with van der Waals surface area (Å²) in [6.45, 7) is 3.72. The monoisotopic (exact) mass is 323 g/mol. The Balaban J connectivity index is 1.92. The quantitative estimate of drug-likeness (QED) is 0.919. The molecule has 2 rings (SSSR count). The Morgan fingerprint density at radius 2 is 2.16 bits per heavy atom. The molecule has 2 aromatic rings. The van der Waals surface area contributed by atoms with E-state index in [1.807, 2.05) is 24.0 Å². The summed E-state index contributed by atoms with van der Waals surface area (Å²) in [4.78, 5) is 0. The van der Waals surface area contributed by atoms with E-state index in [1.54, 1.807) is 7.11 Å². The van der Waals surface area contributed by atoms with Crippen LogP contribution in [-0.4, -0.2) is 16.9 Å². The van der Waals surface area contributed by atoms with Gasteiger partial charge in [0.1, 0.15) is 5.75 Å². The van der Waals surface area contributed by atoms with Gasteiger partial charge in [0.05, 0.1) is 17.8 Å². The number of nitrogens with one attached hydrogen (secondary N) is 1. The van der Waals surface area contributed by atoms with E-state index < -0.39 is 0 Å². The maximum absolute atomic E-state index is 5.21. The zero-order valence-corrected chi connectivity index (χ0v) is 13.0. The van der Waals surface area contributed by atoms with Crippen LogP contribution in [0.2, 0.25) is 0 Å². The van der Waals surface area contributed by atoms with Crippen molar-refractivity contribution in [2.45, 2.75) is 20.0 Å². The zero-order chi connectivity index (χ0) is 13.8. The normalized spacial score (nSPS) is 10.7. The first kappa shape index (κ1) is 14.1. The van der Waals surface area contributed by atoms with Crippen LogP contribution in [0.3, 0.4) is 0 Å². The number of aromatic nitrogens is 2. The summed E-state index contributed by atoms with van der Waals surface area (Å²) < 4.78 is 8.08. The molecule has 19 heavy (non-hydrogen) atoms. The van der Waals surface area contributed by atoms with Gasteiger partial charge in [0.25, 0.3) is 0 Å². The lowest BCUT2D eigenvalue weighted by atomic mass is 10.2. The van der Waals surface area contributed by atoms with Crippen LogP contribution in [0.1, 0.15) is 16.8 Å². The lowest BCUT2D eigenvalue weighted by Gasteiger charge is -2.08. The van der Waals surface area contributed by atoms with E-state index in [9.17, 15) is 0 Å². The molecule has 0 saturated heterocycles. The van der Waals surface area contributed by atoms with Gasteiger partial charge in [-0.1, -0.05) is 6.07 Å². The Morgan fingerprint density at radius 1 is 1.37 bits per heavy atom. The maximum atomic E-state index is 5.21. The fourth-order valence-corrected chi connectivity index (χ4v) is 2.47. The molecule has 0 aliphatic rings. The van der Waals surface area contributed by atoms with Crippen molar-refractivity contribution in [3.8, 4) is 5.75 Å². The largest absolute Gasteiger partial charge is 0.496 e. The number of benzene rings is 1. The minimum Gasteiger partial charge on any atom is -0.496 e. The molecule has 0 saturated carbocycles.